The lowest BCUT2D eigenvalue weighted by atomic mass is 9.74. The van der Waals surface area contributed by atoms with E-state index in [2.05, 4.69) is 26.6 Å². The van der Waals surface area contributed by atoms with Crippen molar-refractivity contribution in [2.45, 2.75) is 33.2 Å². The van der Waals surface area contributed by atoms with Crippen molar-refractivity contribution in [3.05, 3.63) is 28.7 Å². The first-order valence-electron chi connectivity index (χ1n) is 6.60. The molecule has 1 amide bonds. The summed E-state index contributed by atoms with van der Waals surface area (Å²) in [6, 6.07) is 7.27. The molecule has 0 spiro atoms. The number of carboxylic acids is 1. The minimum absolute atomic E-state index is 0.0379. The molecule has 1 rings (SSSR count). The summed E-state index contributed by atoms with van der Waals surface area (Å²) in [6.07, 6.45) is 0. The quantitative estimate of drug-likeness (QED) is 0.732. The first kappa shape index (κ1) is 17.7. The Bertz CT molecular complexity index is 541. The van der Waals surface area contributed by atoms with Gasteiger partial charge in [-0.15, -0.1) is 0 Å². The van der Waals surface area contributed by atoms with E-state index in [0.29, 0.717) is 5.69 Å². The van der Waals surface area contributed by atoms with Gasteiger partial charge in [0.25, 0.3) is 0 Å². The fourth-order valence-corrected chi connectivity index (χ4v) is 1.96. The van der Waals surface area contributed by atoms with Crippen LogP contribution in [0.15, 0.2) is 28.7 Å². The Labute approximate surface area is 133 Å². The van der Waals surface area contributed by atoms with Crippen LogP contribution in [0.1, 0.15) is 27.7 Å². The van der Waals surface area contributed by atoms with Gasteiger partial charge in [-0.2, -0.15) is 0 Å². The van der Waals surface area contributed by atoms with Crippen LogP contribution in [0.3, 0.4) is 0 Å². The number of amides is 1. The summed E-state index contributed by atoms with van der Waals surface area (Å²) in [4.78, 5) is 23.2. The van der Waals surface area contributed by atoms with Gasteiger partial charge in [-0.05, 0) is 45.9 Å². The van der Waals surface area contributed by atoms with E-state index in [0.717, 1.165) is 4.47 Å². The number of hydrogen-bond acceptors (Lipinski definition) is 3. The zero-order chi connectivity index (χ0) is 16.3. The topological polar surface area (TPSA) is 78.4 Å². The second-order valence-electron chi connectivity index (χ2n) is 5.97. The lowest BCUT2D eigenvalue weighted by Gasteiger charge is -2.38. The van der Waals surface area contributed by atoms with Crippen LogP contribution in [0, 0.1) is 5.41 Å². The lowest BCUT2D eigenvalue weighted by molar-refractivity contribution is -0.151. The zero-order valence-electron chi connectivity index (χ0n) is 12.7. The van der Waals surface area contributed by atoms with Crippen molar-refractivity contribution in [1.29, 1.82) is 0 Å². The molecule has 0 unspecified atom stereocenters. The Kier molecular flexibility index (Phi) is 5.53. The van der Waals surface area contributed by atoms with E-state index < -0.39 is 16.9 Å². The highest BCUT2D eigenvalue weighted by Crippen LogP contribution is 2.30. The van der Waals surface area contributed by atoms with Gasteiger partial charge in [-0.3, -0.25) is 9.59 Å². The molecule has 3 N–H and O–H groups in total. The molecule has 5 nitrogen and oxygen atoms in total. The number of anilines is 1. The molecule has 0 aliphatic rings. The molecule has 0 aliphatic heterocycles. The first-order valence-corrected chi connectivity index (χ1v) is 7.39. The van der Waals surface area contributed by atoms with Gasteiger partial charge in [-0.25, -0.2) is 0 Å². The molecular formula is C15H21BrN2O3. The molecule has 1 aromatic carbocycles. The summed E-state index contributed by atoms with van der Waals surface area (Å²) in [7, 11) is 0. The van der Waals surface area contributed by atoms with Crippen LogP contribution < -0.4 is 10.6 Å². The van der Waals surface area contributed by atoms with Gasteiger partial charge < -0.3 is 15.7 Å². The molecule has 0 heterocycles. The minimum atomic E-state index is -0.997. The third kappa shape index (κ3) is 4.54. The number of carbonyl (C=O) groups is 2. The Morgan fingerprint density at radius 2 is 1.86 bits per heavy atom. The fourth-order valence-electron chi connectivity index (χ4n) is 1.56. The number of carboxylic acid groups (broad SMARTS) is 1. The van der Waals surface area contributed by atoms with Crippen molar-refractivity contribution >= 4 is 33.5 Å². The number of hydrogen-bond donors (Lipinski definition) is 3. The fraction of sp³-hybridized carbons (Fsp3) is 0.467. The number of aliphatic carboxylic acids is 1. The Morgan fingerprint density at radius 3 is 2.38 bits per heavy atom. The smallest absolute Gasteiger partial charge is 0.310 e. The van der Waals surface area contributed by atoms with Crippen molar-refractivity contribution in [3.8, 4) is 0 Å². The summed E-state index contributed by atoms with van der Waals surface area (Å²) in [5.74, 6) is -1.13. The van der Waals surface area contributed by atoms with Gasteiger partial charge in [-0.1, -0.05) is 22.0 Å². The molecule has 0 fully saturated rings. The van der Waals surface area contributed by atoms with Gasteiger partial charge >= 0.3 is 5.97 Å². The number of benzene rings is 1. The van der Waals surface area contributed by atoms with E-state index in [-0.39, 0.29) is 12.5 Å². The van der Waals surface area contributed by atoms with Crippen LogP contribution in [-0.2, 0) is 9.59 Å². The van der Waals surface area contributed by atoms with Crippen LogP contribution in [-0.4, -0.2) is 29.1 Å². The standard InChI is InChI=1S/C15H21BrN2O3/c1-14(2,13(20)21)15(3,4)17-9-12(19)18-11-7-5-6-10(16)8-11/h5-8,17H,9H2,1-4H3,(H,18,19)(H,20,21). The molecule has 0 atom stereocenters. The normalized spacial score (nSPS) is 12.0. The van der Waals surface area contributed by atoms with E-state index in [1.807, 2.05) is 12.1 Å². The molecular weight excluding hydrogens is 336 g/mol. The van der Waals surface area contributed by atoms with E-state index in [4.69, 9.17) is 0 Å². The zero-order valence-corrected chi connectivity index (χ0v) is 14.2. The average molecular weight is 357 g/mol. The summed E-state index contributed by atoms with van der Waals surface area (Å²) >= 11 is 3.33. The second-order valence-corrected chi connectivity index (χ2v) is 6.88. The predicted molar refractivity (Wildman–Crippen MR) is 86.3 cm³/mol. The summed E-state index contributed by atoms with van der Waals surface area (Å²) in [6.45, 7) is 6.85. The van der Waals surface area contributed by atoms with Crippen LogP contribution in [0.2, 0.25) is 0 Å². The Balaban J connectivity index is 2.62. The van der Waals surface area contributed by atoms with Crippen molar-refractivity contribution in [2.24, 2.45) is 5.41 Å². The largest absolute Gasteiger partial charge is 0.481 e. The molecule has 0 aliphatic carbocycles. The highest BCUT2D eigenvalue weighted by Gasteiger charge is 2.43. The van der Waals surface area contributed by atoms with E-state index in [9.17, 15) is 14.7 Å². The molecule has 21 heavy (non-hydrogen) atoms. The maximum absolute atomic E-state index is 11.9. The molecule has 0 saturated carbocycles. The molecule has 0 aromatic heterocycles. The van der Waals surface area contributed by atoms with Gasteiger partial charge in [0.15, 0.2) is 0 Å². The second kappa shape index (κ2) is 6.58. The van der Waals surface area contributed by atoms with Gasteiger partial charge in [0.2, 0.25) is 5.91 Å². The molecule has 0 radical (unpaired) electrons. The Hall–Kier alpha value is -1.40. The SMILES string of the molecule is CC(C)(NCC(=O)Nc1cccc(Br)c1)C(C)(C)C(=O)O. The summed E-state index contributed by atoms with van der Waals surface area (Å²) in [5, 5.41) is 15.0. The highest BCUT2D eigenvalue weighted by molar-refractivity contribution is 9.10. The predicted octanol–water partition coefficient (Wildman–Crippen LogP) is 2.87. The van der Waals surface area contributed by atoms with Crippen LogP contribution >= 0.6 is 15.9 Å². The monoisotopic (exact) mass is 356 g/mol. The van der Waals surface area contributed by atoms with Crippen LogP contribution in [0.4, 0.5) is 5.69 Å². The Morgan fingerprint density at radius 1 is 1.24 bits per heavy atom. The third-order valence-corrected chi connectivity index (χ3v) is 4.39. The number of nitrogens with one attached hydrogen (secondary N) is 2. The maximum Gasteiger partial charge on any atom is 0.310 e. The van der Waals surface area contributed by atoms with Crippen molar-refractivity contribution < 1.29 is 14.7 Å². The molecule has 116 valence electrons. The van der Waals surface area contributed by atoms with Crippen molar-refractivity contribution in [2.75, 3.05) is 11.9 Å². The van der Waals surface area contributed by atoms with E-state index >= 15 is 0 Å². The minimum Gasteiger partial charge on any atom is -0.481 e. The molecule has 6 heteroatoms. The summed E-state index contributed by atoms with van der Waals surface area (Å²) in [5.41, 5.74) is -1.04. The van der Waals surface area contributed by atoms with Gasteiger partial charge in [0.1, 0.15) is 0 Å². The van der Waals surface area contributed by atoms with E-state index in [1.165, 1.54) is 0 Å². The molecule has 1 aromatic rings. The van der Waals surface area contributed by atoms with Crippen LogP contribution in [0.5, 0.6) is 0 Å². The highest BCUT2D eigenvalue weighted by atomic mass is 79.9. The number of halogens is 1. The van der Waals surface area contributed by atoms with Crippen molar-refractivity contribution in [1.82, 2.24) is 5.32 Å². The van der Waals surface area contributed by atoms with Gasteiger partial charge in [0, 0.05) is 15.7 Å². The average Bonchev–Trinajstić information content (AvgIpc) is 2.36. The number of carbonyl (C=O) groups excluding carboxylic acids is 1. The van der Waals surface area contributed by atoms with E-state index in [1.54, 1.807) is 39.8 Å². The van der Waals surface area contributed by atoms with Crippen molar-refractivity contribution in [3.63, 3.8) is 0 Å². The van der Waals surface area contributed by atoms with Crippen LogP contribution in [0.25, 0.3) is 0 Å². The maximum atomic E-state index is 11.9. The lowest BCUT2D eigenvalue weighted by Crippen LogP contribution is -2.56. The molecule has 0 saturated heterocycles. The van der Waals surface area contributed by atoms with Gasteiger partial charge in [0.05, 0.1) is 12.0 Å². The summed E-state index contributed by atoms with van der Waals surface area (Å²) < 4.78 is 0.876. The third-order valence-electron chi connectivity index (χ3n) is 3.90. The molecule has 0 bridgehead atoms. The first-order chi connectivity index (χ1) is 9.56. The number of rotatable bonds is 6.